The predicted molar refractivity (Wildman–Crippen MR) is 139 cm³/mol. The maximum absolute atomic E-state index is 13.4. The maximum Gasteiger partial charge on any atom is 0.573 e. The van der Waals surface area contributed by atoms with E-state index in [2.05, 4.69) is 20.0 Å². The zero-order valence-electron chi connectivity index (χ0n) is 23.0. The predicted octanol–water partition coefficient (Wildman–Crippen LogP) is 5.19. The molecule has 1 saturated carbocycles. The molecule has 40 heavy (non-hydrogen) atoms. The van der Waals surface area contributed by atoms with Crippen molar-refractivity contribution >= 4 is 12.0 Å². The first-order valence-electron chi connectivity index (χ1n) is 12.8. The van der Waals surface area contributed by atoms with Gasteiger partial charge in [0, 0.05) is 31.2 Å². The van der Waals surface area contributed by atoms with Crippen LogP contribution in [0.4, 0.5) is 18.0 Å². The first-order valence-corrected chi connectivity index (χ1v) is 12.8. The van der Waals surface area contributed by atoms with Gasteiger partial charge in [-0.3, -0.25) is 9.78 Å². The van der Waals surface area contributed by atoms with Gasteiger partial charge in [0.15, 0.2) is 0 Å². The van der Waals surface area contributed by atoms with Gasteiger partial charge in [0.2, 0.25) is 5.62 Å². The lowest BCUT2D eigenvalue weighted by Crippen LogP contribution is -2.31. The molecule has 1 N–H and O–H groups in total. The molecule has 214 valence electrons. The normalized spacial score (nSPS) is 15.1. The average molecular weight is 560 g/mol. The number of nitrogens with zero attached hydrogens (tertiary/aromatic N) is 4. The average Bonchev–Trinajstić information content (AvgIpc) is 3.61. The molecule has 0 aliphatic heterocycles. The first-order chi connectivity index (χ1) is 18.7. The van der Waals surface area contributed by atoms with Crippen LogP contribution in [-0.4, -0.2) is 38.1 Å². The highest BCUT2D eigenvalue weighted by atomic mass is 19.4. The molecule has 0 spiro atoms. The Kier molecular flexibility index (Phi) is 8.08. The summed E-state index contributed by atoms with van der Waals surface area (Å²) in [5.74, 6) is -0.885. The maximum atomic E-state index is 13.4. The van der Waals surface area contributed by atoms with E-state index in [0.717, 1.165) is 24.5 Å². The second-order valence-electron chi connectivity index (χ2n) is 10.9. The van der Waals surface area contributed by atoms with E-state index in [4.69, 9.17) is 4.74 Å². The molecule has 4 rings (SSSR count). The Labute approximate surface area is 229 Å². The number of hydrogen-bond donors (Lipinski definition) is 1. The summed E-state index contributed by atoms with van der Waals surface area (Å²) in [6, 6.07) is 7.11. The van der Waals surface area contributed by atoms with E-state index in [1.54, 1.807) is 55.5 Å². The largest absolute Gasteiger partial charge is 0.573 e. The molecule has 2 amide bonds. The molecule has 0 unspecified atom stereocenters. The van der Waals surface area contributed by atoms with Gasteiger partial charge in [0.25, 0.3) is 5.91 Å². The summed E-state index contributed by atoms with van der Waals surface area (Å²) in [4.78, 5) is 34.1. The van der Waals surface area contributed by atoms with Gasteiger partial charge in [0.05, 0.1) is 18.3 Å². The number of alkyl halides is 3. The van der Waals surface area contributed by atoms with Crippen LogP contribution in [-0.2, 0) is 18.3 Å². The van der Waals surface area contributed by atoms with Gasteiger partial charge in [-0.25, -0.2) is 4.79 Å². The summed E-state index contributed by atoms with van der Waals surface area (Å²) in [6.45, 7) is 7.05. The van der Waals surface area contributed by atoms with E-state index in [1.807, 2.05) is 19.1 Å². The Hall–Kier alpha value is -4.09. The van der Waals surface area contributed by atoms with E-state index in [9.17, 15) is 22.8 Å². The van der Waals surface area contributed by atoms with Crippen molar-refractivity contribution in [1.29, 1.82) is 0 Å². The van der Waals surface area contributed by atoms with Gasteiger partial charge in [0.1, 0.15) is 11.4 Å². The molecule has 12 heteroatoms. The summed E-state index contributed by atoms with van der Waals surface area (Å²) >= 11 is 0. The number of hydrogen-bond acceptors (Lipinski definition) is 5. The highest BCUT2D eigenvalue weighted by Crippen LogP contribution is 2.40. The van der Waals surface area contributed by atoms with E-state index in [-0.39, 0.29) is 29.7 Å². The monoisotopic (exact) mass is 559 g/mol. The second kappa shape index (κ2) is 11.2. The summed E-state index contributed by atoms with van der Waals surface area (Å²) in [5, 5.41) is 2.95. The molecule has 2 aromatic heterocycles. The summed E-state index contributed by atoms with van der Waals surface area (Å²) < 4.78 is 52.1. The van der Waals surface area contributed by atoms with Crippen LogP contribution in [0, 0.1) is 12.8 Å². The first kappa shape index (κ1) is 28.9. The zero-order chi connectivity index (χ0) is 29.2. The molecule has 1 aromatic carbocycles. The number of ether oxygens (including phenoxy) is 2. The van der Waals surface area contributed by atoms with E-state index in [1.165, 1.54) is 12.1 Å². The lowest BCUT2D eigenvalue weighted by Gasteiger charge is -2.19. The van der Waals surface area contributed by atoms with E-state index < -0.39 is 29.7 Å². The van der Waals surface area contributed by atoms with Crippen LogP contribution in [0.1, 0.15) is 66.8 Å². The third-order valence-electron chi connectivity index (χ3n) is 6.08. The number of halogens is 3. The molecule has 1 aliphatic carbocycles. The van der Waals surface area contributed by atoms with Crippen LogP contribution in [0.3, 0.4) is 0 Å². The highest BCUT2D eigenvalue weighted by molar-refractivity contribution is 5.95. The highest BCUT2D eigenvalue weighted by Gasteiger charge is 2.35. The molecule has 1 atom stereocenters. The van der Waals surface area contributed by atoms with Crippen molar-refractivity contribution in [1.82, 2.24) is 19.4 Å². The fourth-order valence-electron chi connectivity index (χ4n) is 4.24. The van der Waals surface area contributed by atoms with Gasteiger partial charge >= 0.3 is 12.5 Å². The summed E-state index contributed by atoms with van der Waals surface area (Å²) in [7, 11) is 1.67. The van der Waals surface area contributed by atoms with Crippen LogP contribution in [0.5, 0.6) is 5.75 Å². The molecular weight excluding hydrogens is 527 g/mol. The molecule has 9 nitrogen and oxygen atoms in total. The molecule has 1 aliphatic rings. The van der Waals surface area contributed by atoms with Crippen molar-refractivity contribution in [3.63, 3.8) is 0 Å². The van der Waals surface area contributed by atoms with Crippen molar-refractivity contribution < 1.29 is 32.2 Å². The van der Waals surface area contributed by atoms with Crippen molar-refractivity contribution in [2.24, 2.45) is 18.0 Å². The molecule has 0 bridgehead atoms. The third kappa shape index (κ3) is 7.96. The minimum absolute atomic E-state index is 0.00258. The van der Waals surface area contributed by atoms with Crippen LogP contribution in [0.2, 0.25) is 0 Å². The quantitative estimate of drug-likeness (QED) is 0.429. The fraction of sp³-hybridized carbons (Fsp3) is 0.429. The number of amides is 2. The molecular formula is C28H32F3N5O4. The number of pyridine rings is 1. The zero-order valence-corrected chi connectivity index (χ0v) is 23.0. The van der Waals surface area contributed by atoms with Crippen LogP contribution >= 0.6 is 0 Å². The van der Waals surface area contributed by atoms with Crippen LogP contribution in [0.25, 0.3) is 0 Å². The van der Waals surface area contributed by atoms with Gasteiger partial charge in [-0.05, 0) is 87.9 Å². The van der Waals surface area contributed by atoms with Gasteiger partial charge in [-0.1, -0.05) is 0 Å². The molecule has 2 heterocycles. The molecule has 3 aromatic rings. The Morgan fingerprint density at radius 2 is 1.88 bits per heavy atom. The fourth-order valence-corrected chi connectivity index (χ4v) is 4.24. The number of benzene rings is 1. The second-order valence-corrected chi connectivity index (χ2v) is 10.9. The Morgan fingerprint density at radius 3 is 2.50 bits per heavy atom. The topological polar surface area (TPSA) is 99.7 Å². The third-order valence-corrected chi connectivity index (χ3v) is 6.08. The summed E-state index contributed by atoms with van der Waals surface area (Å²) in [5.41, 5.74) is 1.47. The van der Waals surface area contributed by atoms with Crippen molar-refractivity contribution in [3.8, 4) is 5.75 Å². The number of imidazole rings is 1. The van der Waals surface area contributed by atoms with Crippen molar-refractivity contribution in [2.45, 2.75) is 65.1 Å². The SMILES string of the molecule is Cc1ccnc([C@@H](NC(=O)c2cc(Cn3ccn(C)/c3=N\C(=O)OC(C)(C)C)cc(OC(F)(F)F)c2)C2CC2)c1. The van der Waals surface area contributed by atoms with Gasteiger partial charge in [-0.15, -0.1) is 18.2 Å². The molecule has 0 saturated heterocycles. The smallest absolute Gasteiger partial charge is 0.442 e. The Balaban J connectivity index is 1.66. The number of aromatic nitrogens is 3. The van der Waals surface area contributed by atoms with Crippen LogP contribution < -0.4 is 15.7 Å². The molecule has 1 fully saturated rings. The van der Waals surface area contributed by atoms with Gasteiger partial charge < -0.3 is 23.9 Å². The lowest BCUT2D eigenvalue weighted by atomic mass is 10.0. The lowest BCUT2D eigenvalue weighted by molar-refractivity contribution is -0.274. The van der Waals surface area contributed by atoms with E-state index in [0.29, 0.717) is 11.3 Å². The van der Waals surface area contributed by atoms with Crippen LogP contribution in [0.15, 0.2) is 53.9 Å². The van der Waals surface area contributed by atoms with Crippen molar-refractivity contribution in [3.05, 3.63) is 76.9 Å². The number of rotatable bonds is 7. The number of carbonyl (C=O) groups is 2. The number of nitrogens with one attached hydrogen (secondary N) is 1. The number of aryl methyl sites for hydroxylation is 2. The standard InChI is InChI=1S/C28H32F3N5O4/c1-17-8-9-32-22(12-17)23(19-6-7-19)33-24(37)20-13-18(14-21(15-20)39-28(29,30)31)16-36-11-10-35(5)25(36)34-26(38)40-27(2,3)4/h8-15,19,23H,6-7,16H2,1-5H3,(H,33,37)/b34-25+/t23-/m0/s1. The van der Waals surface area contributed by atoms with E-state index >= 15 is 0 Å². The minimum atomic E-state index is -4.95. The Morgan fingerprint density at radius 1 is 1.15 bits per heavy atom. The Bertz CT molecular complexity index is 1470. The number of carbonyl (C=O) groups excluding carboxylic acids is 2. The summed E-state index contributed by atoms with van der Waals surface area (Å²) in [6.07, 6.45) is 0.988. The minimum Gasteiger partial charge on any atom is -0.442 e. The molecule has 0 radical (unpaired) electrons. The van der Waals surface area contributed by atoms with Gasteiger partial charge in [-0.2, -0.15) is 0 Å². The van der Waals surface area contributed by atoms with Crippen molar-refractivity contribution in [2.75, 3.05) is 0 Å².